The number of hydrogen-bond donors (Lipinski definition) is 1. The summed E-state index contributed by atoms with van der Waals surface area (Å²) in [5.41, 5.74) is 7.44. The maximum atomic E-state index is 5.95. The fourth-order valence-electron chi connectivity index (χ4n) is 2.29. The van der Waals surface area contributed by atoms with Gasteiger partial charge in [0.2, 0.25) is 0 Å². The fourth-order valence-corrected chi connectivity index (χ4v) is 4.89. The van der Waals surface area contributed by atoms with Gasteiger partial charge >= 0.3 is 94.2 Å². The fraction of sp³-hybridized carbons (Fsp3) is 0.455. The van der Waals surface area contributed by atoms with E-state index in [1.54, 1.807) is 10.8 Å². The summed E-state index contributed by atoms with van der Waals surface area (Å²) in [4.78, 5) is 8.48. The van der Waals surface area contributed by atoms with E-state index < -0.39 is 0 Å². The monoisotopic (exact) mass is 267 g/mol. The Morgan fingerprint density at radius 3 is 2.93 bits per heavy atom. The van der Waals surface area contributed by atoms with E-state index in [4.69, 9.17) is 5.73 Å². The average molecular weight is 266 g/mol. The summed E-state index contributed by atoms with van der Waals surface area (Å²) in [7, 11) is 0. The Labute approximate surface area is 94.5 Å². The molecule has 3 rings (SSSR count). The number of rotatable bonds is 0. The van der Waals surface area contributed by atoms with Crippen LogP contribution >= 0.6 is 0 Å². The topological polar surface area (TPSA) is 51.8 Å². The molecule has 3 nitrogen and oxygen atoms in total. The van der Waals surface area contributed by atoms with Gasteiger partial charge in [0.25, 0.3) is 0 Å². The first-order valence-corrected chi connectivity index (χ1v) is 7.08. The molecular formula is C11H13N3Se. The third-order valence-corrected chi connectivity index (χ3v) is 5.55. The van der Waals surface area contributed by atoms with Gasteiger partial charge in [-0.15, -0.1) is 0 Å². The van der Waals surface area contributed by atoms with Crippen LogP contribution in [0.4, 0.5) is 5.82 Å². The van der Waals surface area contributed by atoms with E-state index in [1.807, 2.05) is 0 Å². The van der Waals surface area contributed by atoms with E-state index in [-0.39, 0.29) is 0 Å². The molecular weight excluding hydrogens is 253 g/mol. The molecule has 2 aromatic rings. The Morgan fingerprint density at radius 1 is 1.13 bits per heavy atom. The third kappa shape index (κ3) is 1.48. The van der Waals surface area contributed by atoms with E-state index in [0.29, 0.717) is 20.3 Å². The van der Waals surface area contributed by atoms with Crippen molar-refractivity contribution in [3.63, 3.8) is 0 Å². The van der Waals surface area contributed by atoms with Crippen LogP contribution in [0.3, 0.4) is 0 Å². The first kappa shape index (κ1) is 9.37. The van der Waals surface area contributed by atoms with Crippen LogP contribution in [0.5, 0.6) is 0 Å². The van der Waals surface area contributed by atoms with Crippen LogP contribution in [0.25, 0.3) is 9.78 Å². The standard InChI is InChI=1S/C11H13N3Se/c12-10-9-7-4-2-1-3-5-8(7)15-11(9)14-6-13-10/h6H,1-5H2,(H2,12,13,14). The summed E-state index contributed by atoms with van der Waals surface area (Å²) in [5, 5.41) is 1.19. The number of aryl methyl sites for hydroxylation is 2. The normalized spacial score (nSPS) is 16.3. The zero-order chi connectivity index (χ0) is 10.3. The molecule has 0 saturated heterocycles. The molecule has 78 valence electrons. The minimum atomic E-state index is 0.423. The van der Waals surface area contributed by atoms with Crippen LogP contribution in [-0.4, -0.2) is 24.5 Å². The SMILES string of the molecule is Nc1ncnc2[se]c3c(c12)CCCCC3. The second kappa shape index (κ2) is 3.62. The Bertz CT molecular complexity index is 504. The number of anilines is 1. The second-order valence-electron chi connectivity index (χ2n) is 4.00. The summed E-state index contributed by atoms with van der Waals surface area (Å²) in [6.07, 6.45) is 8.02. The van der Waals surface area contributed by atoms with Crippen LogP contribution in [-0.2, 0) is 12.8 Å². The third-order valence-electron chi connectivity index (χ3n) is 3.03. The first-order valence-electron chi connectivity index (χ1n) is 5.37. The van der Waals surface area contributed by atoms with Gasteiger partial charge in [-0.25, -0.2) is 0 Å². The van der Waals surface area contributed by atoms with Gasteiger partial charge < -0.3 is 0 Å². The van der Waals surface area contributed by atoms with E-state index in [0.717, 1.165) is 0 Å². The van der Waals surface area contributed by atoms with Gasteiger partial charge in [-0.1, -0.05) is 0 Å². The molecule has 0 unspecified atom stereocenters. The van der Waals surface area contributed by atoms with Crippen molar-refractivity contribution in [1.82, 2.24) is 9.97 Å². The molecule has 4 heteroatoms. The molecule has 2 aromatic heterocycles. The molecule has 1 aliphatic rings. The maximum absolute atomic E-state index is 5.95. The predicted molar refractivity (Wildman–Crippen MR) is 62.1 cm³/mol. The molecule has 0 spiro atoms. The van der Waals surface area contributed by atoms with Crippen molar-refractivity contribution < 1.29 is 0 Å². The van der Waals surface area contributed by atoms with Gasteiger partial charge in [0.1, 0.15) is 0 Å². The summed E-state index contributed by atoms with van der Waals surface area (Å²) in [5.74, 6) is 0.689. The number of fused-ring (bicyclic) bond motifs is 3. The first-order chi connectivity index (χ1) is 7.36. The van der Waals surface area contributed by atoms with Gasteiger partial charge in [0, 0.05) is 0 Å². The number of nitrogens with two attached hydrogens (primary N) is 1. The van der Waals surface area contributed by atoms with Crippen LogP contribution in [0.2, 0.25) is 0 Å². The molecule has 0 saturated carbocycles. The van der Waals surface area contributed by atoms with Crippen LogP contribution in [0.1, 0.15) is 29.3 Å². The van der Waals surface area contributed by atoms with Crippen molar-refractivity contribution in [3.05, 3.63) is 16.3 Å². The quantitative estimate of drug-likeness (QED) is 0.581. The number of aromatic nitrogens is 2. The van der Waals surface area contributed by atoms with Crippen molar-refractivity contribution >= 4 is 30.1 Å². The van der Waals surface area contributed by atoms with Gasteiger partial charge in [-0.3, -0.25) is 0 Å². The molecule has 0 aliphatic heterocycles. The van der Waals surface area contributed by atoms with E-state index in [9.17, 15) is 0 Å². The molecule has 0 bridgehead atoms. The predicted octanol–water partition coefficient (Wildman–Crippen LogP) is 1.54. The van der Waals surface area contributed by atoms with Crippen molar-refractivity contribution in [2.75, 3.05) is 5.73 Å². The summed E-state index contributed by atoms with van der Waals surface area (Å²) < 4.78 is 2.84. The number of hydrogen-bond acceptors (Lipinski definition) is 3. The Kier molecular flexibility index (Phi) is 2.26. The molecule has 0 radical (unpaired) electrons. The Hall–Kier alpha value is -0.861. The van der Waals surface area contributed by atoms with Gasteiger partial charge in [0.05, 0.1) is 0 Å². The second-order valence-corrected chi connectivity index (χ2v) is 6.28. The van der Waals surface area contributed by atoms with E-state index >= 15 is 0 Å². The zero-order valence-corrected chi connectivity index (χ0v) is 10.2. The molecule has 2 heterocycles. The number of nitrogen functional groups attached to an aromatic ring is 1. The van der Waals surface area contributed by atoms with Crippen molar-refractivity contribution in [3.8, 4) is 0 Å². The molecule has 0 atom stereocenters. The van der Waals surface area contributed by atoms with Gasteiger partial charge in [-0.05, 0) is 0 Å². The summed E-state index contributed by atoms with van der Waals surface area (Å²) >= 11 is 0.423. The van der Waals surface area contributed by atoms with Crippen LogP contribution in [0.15, 0.2) is 6.33 Å². The summed E-state index contributed by atoms with van der Waals surface area (Å²) in [6, 6.07) is 0. The molecule has 0 aromatic carbocycles. The minimum absolute atomic E-state index is 0.423. The molecule has 15 heavy (non-hydrogen) atoms. The Morgan fingerprint density at radius 2 is 2.00 bits per heavy atom. The van der Waals surface area contributed by atoms with Crippen molar-refractivity contribution in [2.45, 2.75) is 32.1 Å². The van der Waals surface area contributed by atoms with Gasteiger partial charge in [0.15, 0.2) is 0 Å². The zero-order valence-electron chi connectivity index (χ0n) is 8.49. The molecule has 1 aliphatic carbocycles. The Balaban J connectivity index is 2.29. The van der Waals surface area contributed by atoms with Crippen LogP contribution in [0, 0.1) is 0 Å². The van der Waals surface area contributed by atoms with Crippen molar-refractivity contribution in [1.29, 1.82) is 0 Å². The van der Waals surface area contributed by atoms with Gasteiger partial charge in [-0.2, -0.15) is 0 Å². The average Bonchev–Trinajstić information content (AvgIpc) is 2.43. The molecule has 0 amide bonds. The molecule has 2 N–H and O–H groups in total. The van der Waals surface area contributed by atoms with Crippen molar-refractivity contribution in [2.24, 2.45) is 0 Å². The van der Waals surface area contributed by atoms with E-state index in [1.165, 1.54) is 47.4 Å². The van der Waals surface area contributed by atoms with E-state index in [2.05, 4.69) is 9.97 Å². The summed E-state index contributed by atoms with van der Waals surface area (Å²) in [6.45, 7) is 0. The van der Waals surface area contributed by atoms with Crippen LogP contribution < -0.4 is 5.73 Å². The number of nitrogens with zero attached hydrogens (tertiary/aromatic N) is 2. The molecule has 0 fully saturated rings.